The summed E-state index contributed by atoms with van der Waals surface area (Å²) in [5.41, 5.74) is 7.19. The molecular formula is C22H20ClN7OS. The molecular weight excluding hydrogens is 446 g/mol. The fourth-order valence-corrected chi connectivity index (χ4v) is 4.31. The molecule has 1 atom stereocenters. The molecule has 0 saturated carbocycles. The number of benzene rings is 1. The van der Waals surface area contributed by atoms with Gasteiger partial charge in [-0.25, -0.2) is 9.50 Å². The van der Waals surface area contributed by atoms with Crippen molar-refractivity contribution in [2.75, 3.05) is 17.2 Å². The van der Waals surface area contributed by atoms with Crippen LogP contribution in [0.15, 0.2) is 53.6 Å². The molecule has 1 saturated heterocycles. The van der Waals surface area contributed by atoms with Gasteiger partial charge < -0.3 is 10.6 Å². The highest BCUT2D eigenvalue weighted by molar-refractivity contribution is 7.59. The molecule has 32 heavy (non-hydrogen) atoms. The van der Waals surface area contributed by atoms with E-state index in [1.807, 2.05) is 35.2 Å². The van der Waals surface area contributed by atoms with Gasteiger partial charge >= 0.3 is 0 Å². The number of fused-ring (bicyclic) bond motifs is 1. The van der Waals surface area contributed by atoms with Gasteiger partial charge in [0.1, 0.15) is 5.52 Å². The van der Waals surface area contributed by atoms with Gasteiger partial charge in [0.15, 0.2) is 11.6 Å². The number of hydrogen-bond acceptors (Lipinski definition) is 6. The smallest absolute Gasteiger partial charge is 0.284 e. The lowest BCUT2D eigenvalue weighted by molar-refractivity contribution is 0.601. The minimum Gasteiger partial charge on any atom is -0.368 e. The molecule has 4 aromatic rings. The van der Waals surface area contributed by atoms with Gasteiger partial charge in [0.05, 0.1) is 28.5 Å². The van der Waals surface area contributed by atoms with Gasteiger partial charge in [-0.3, -0.25) is 9.36 Å². The topological polar surface area (TPSA) is 94.3 Å². The molecule has 0 bridgehead atoms. The van der Waals surface area contributed by atoms with E-state index >= 15 is 0 Å². The second-order valence-electron chi connectivity index (χ2n) is 7.25. The van der Waals surface area contributed by atoms with Gasteiger partial charge in [-0.15, -0.1) is 6.42 Å². The van der Waals surface area contributed by atoms with Gasteiger partial charge in [-0.1, -0.05) is 35.7 Å². The van der Waals surface area contributed by atoms with Crippen LogP contribution in [0.4, 0.5) is 11.8 Å². The number of nitrogens with two attached hydrogens (primary N) is 1. The predicted molar refractivity (Wildman–Crippen MR) is 130 cm³/mol. The van der Waals surface area contributed by atoms with Crippen molar-refractivity contribution in [1.82, 2.24) is 24.1 Å². The number of terminal acetylenes is 1. The van der Waals surface area contributed by atoms with Crippen LogP contribution in [0.1, 0.15) is 30.3 Å². The van der Waals surface area contributed by atoms with E-state index in [1.165, 1.54) is 4.52 Å². The second kappa shape index (κ2) is 8.57. The lowest BCUT2D eigenvalue weighted by Crippen LogP contribution is -2.33. The van der Waals surface area contributed by atoms with E-state index in [2.05, 4.69) is 15.9 Å². The zero-order valence-corrected chi connectivity index (χ0v) is 18.7. The molecule has 1 aliphatic heterocycles. The third kappa shape index (κ3) is 3.47. The molecule has 0 spiro atoms. The van der Waals surface area contributed by atoms with E-state index in [0.717, 1.165) is 12.8 Å². The SMILES string of the molecule is C#Cc1cnc(N)nc1N1CCC[C@H]1c1nn2ccc(Cl)c2c(=O)n1-c1ccccc1.S. The zero-order valence-electron chi connectivity index (χ0n) is 16.9. The van der Waals surface area contributed by atoms with Crippen molar-refractivity contribution in [1.29, 1.82) is 0 Å². The minimum absolute atomic E-state index is 0. The summed E-state index contributed by atoms with van der Waals surface area (Å²) >= 11 is 6.29. The summed E-state index contributed by atoms with van der Waals surface area (Å²) < 4.78 is 3.15. The average molecular weight is 466 g/mol. The molecule has 5 rings (SSSR count). The minimum atomic E-state index is -0.238. The standard InChI is InChI=1S/C22H18ClN7O.H2S/c1-2-14-13-25-22(24)26-19(14)28-11-6-9-17(28)20-27-29-12-10-16(23)18(29)21(31)30(20)15-7-4-3-5-8-15;/h1,3-5,7-8,10,12-13,17H,6,9,11H2,(H2,24,25,26);1H2/t17-;/m0./s1. The summed E-state index contributed by atoms with van der Waals surface area (Å²) in [6.07, 6.45) is 10.6. The van der Waals surface area contributed by atoms with Crippen LogP contribution < -0.4 is 16.2 Å². The molecule has 0 aliphatic carbocycles. The maximum absolute atomic E-state index is 13.5. The first-order chi connectivity index (χ1) is 15.1. The van der Waals surface area contributed by atoms with Crippen LogP contribution in [-0.4, -0.2) is 30.7 Å². The Balaban J connectivity index is 0.00000245. The maximum Gasteiger partial charge on any atom is 0.284 e. The van der Waals surface area contributed by atoms with Crippen LogP contribution in [0.5, 0.6) is 0 Å². The van der Waals surface area contributed by atoms with Crippen molar-refractivity contribution in [3.05, 3.63) is 75.6 Å². The quantitative estimate of drug-likeness (QED) is 0.467. The molecule has 10 heteroatoms. The average Bonchev–Trinajstić information content (AvgIpc) is 3.41. The summed E-state index contributed by atoms with van der Waals surface area (Å²) in [7, 11) is 0. The van der Waals surface area contributed by atoms with Crippen molar-refractivity contribution in [3.8, 4) is 18.0 Å². The Morgan fingerprint density at radius 2 is 2.00 bits per heavy atom. The van der Waals surface area contributed by atoms with Crippen LogP contribution >= 0.6 is 25.1 Å². The molecule has 1 fully saturated rings. The number of aromatic nitrogens is 5. The van der Waals surface area contributed by atoms with Crippen molar-refractivity contribution in [3.63, 3.8) is 0 Å². The Morgan fingerprint density at radius 1 is 1.22 bits per heavy atom. The number of halogens is 1. The summed E-state index contributed by atoms with van der Waals surface area (Å²) in [6, 6.07) is 10.8. The number of nitrogens with zero attached hydrogens (tertiary/aromatic N) is 6. The number of anilines is 2. The van der Waals surface area contributed by atoms with Crippen molar-refractivity contribution in [2.24, 2.45) is 0 Å². The van der Waals surface area contributed by atoms with Crippen molar-refractivity contribution in [2.45, 2.75) is 18.9 Å². The first-order valence-electron chi connectivity index (χ1n) is 9.79. The summed E-state index contributed by atoms with van der Waals surface area (Å²) in [6.45, 7) is 0.699. The molecule has 0 radical (unpaired) electrons. The highest BCUT2D eigenvalue weighted by Crippen LogP contribution is 2.36. The maximum atomic E-state index is 13.5. The molecule has 2 N–H and O–H groups in total. The van der Waals surface area contributed by atoms with Crippen LogP contribution in [0, 0.1) is 12.3 Å². The van der Waals surface area contributed by atoms with Crippen LogP contribution in [-0.2, 0) is 0 Å². The van der Waals surface area contributed by atoms with Gasteiger partial charge in [0.25, 0.3) is 5.56 Å². The Kier molecular flexibility index (Phi) is 5.82. The molecule has 0 amide bonds. The first kappa shape index (κ1) is 21.7. The van der Waals surface area contributed by atoms with E-state index < -0.39 is 0 Å². The third-order valence-corrected chi connectivity index (χ3v) is 5.75. The summed E-state index contributed by atoms with van der Waals surface area (Å²) in [4.78, 5) is 24.0. The fourth-order valence-electron chi connectivity index (χ4n) is 4.09. The first-order valence-corrected chi connectivity index (χ1v) is 10.2. The van der Waals surface area contributed by atoms with E-state index in [9.17, 15) is 4.79 Å². The molecule has 3 aromatic heterocycles. The zero-order chi connectivity index (χ0) is 21.5. The lowest BCUT2D eigenvalue weighted by atomic mass is 10.1. The number of para-hydroxylation sites is 1. The Morgan fingerprint density at radius 3 is 2.75 bits per heavy atom. The molecule has 4 heterocycles. The second-order valence-corrected chi connectivity index (χ2v) is 7.66. The molecule has 1 aromatic carbocycles. The monoisotopic (exact) mass is 465 g/mol. The van der Waals surface area contributed by atoms with Crippen LogP contribution in [0.25, 0.3) is 11.2 Å². The van der Waals surface area contributed by atoms with Gasteiger partial charge in [0, 0.05) is 12.7 Å². The Labute approximate surface area is 196 Å². The molecule has 162 valence electrons. The van der Waals surface area contributed by atoms with E-state index in [-0.39, 0.29) is 31.0 Å². The lowest BCUT2D eigenvalue weighted by Gasteiger charge is -2.28. The number of hydrogen-bond donors (Lipinski definition) is 1. The molecule has 8 nitrogen and oxygen atoms in total. The van der Waals surface area contributed by atoms with E-state index in [4.69, 9.17) is 28.9 Å². The van der Waals surface area contributed by atoms with Gasteiger partial charge in [-0.05, 0) is 31.0 Å². The van der Waals surface area contributed by atoms with Crippen molar-refractivity contribution < 1.29 is 0 Å². The van der Waals surface area contributed by atoms with Crippen molar-refractivity contribution >= 4 is 42.4 Å². The Bertz CT molecular complexity index is 1390. The summed E-state index contributed by atoms with van der Waals surface area (Å²) in [5, 5.41) is 5.15. The van der Waals surface area contributed by atoms with E-state index in [0.29, 0.717) is 40.0 Å². The number of nitrogen functional groups attached to an aromatic ring is 1. The normalized spacial score (nSPS) is 15.5. The molecule has 0 unspecified atom stereocenters. The highest BCUT2D eigenvalue weighted by Gasteiger charge is 2.33. The largest absolute Gasteiger partial charge is 0.368 e. The fraction of sp³-hybridized carbons (Fsp3) is 0.182. The van der Waals surface area contributed by atoms with Crippen LogP contribution in [0.2, 0.25) is 5.02 Å². The summed E-state index contributed by atoms with van der Waals surface area (Å²) in [5.74, 6) is 3.91. The van der Waals surface area contributed by atoms with Gasteiger partial charge in [-0.2, -0.15) is 23.6 Å². The predicted octanol–water partition coefficient (Wildman–Crippen LogP) is 2.95. The van der Waals surface area contributed by atoms with E-state index in [1.54, 1.807) is 23.0 Å². The molecule has 1 aliphatic rings. The van der Waals surface area contributed by atoms with Crippen LogP contribution in [0.3, 0.4) is 0 Å². The third-order valence-electron chi connectivity index (χ3n) is 5.44. The highest BCUT2D eigenvalue weighted by atomic mass is 35.5. The number of rotatable bonds is 3. The Hall–Kier alpha value is -3.48. The van der Waals surface area contributed by atoms with Gasteiger partial charge in [0.2, 0.25) is 5.95 Å².